The van der Waals surface area contributed by atoms with Crippen molar-refractivity contribution in [3.8, 4) is 0 Å². The number of nitrogens with zero attached hydrogens (tertiary/aromatic N) is 1. The maximum absolute atomic E-state index is 13.1. The van der Waals surface area contributed by atoms with Crippen molar-refractivity contribution >= 4 is 23.3 Å². The van der Waals surface area contributed by atoms with Gasteiger partial charge in [-0.15, -0.1) is 0 Å². The van der Waals surface area contributed by atoms with E-state index in [1.54, 1.807) is 18.7 Å². The third-order valence-electron chi connectivity index (χ3n) is 4.82. The van der Waals surface area contributed by atoms with Crippen molar-refractivity contribution < 1.29 is 22.8 Å². The maximum atomic E-state index is 13.1. The van der Waals surface area contributed by atoms with Crippen molar-refractivity contribution in [2.75, 3.05) is 16.8 Å². The van der Waals surface area contributed by atoms with Gasteiger partial charge in [0.2, 0.25) is 5.91 Å². The van der Waals surface area contributed by atoms with Gasteiger partial charge in [0, 0.05) is 17.9 Å². The highest BCUT2D eigenvalue weighted by molar-refractivity contribution is 6.02. The van der Waals surface area contributed by atoms with E-state index in [4.69, 9.17) is 0 Å². The van der Waals surface area contributed by atoms with Crippen molar-refractivity contribution in [3.63, 3.8) is 0 Å². The molecule has 0 aromatic heterocycles. The number of carbonyl (C=O) groups excluding carboxylic acids is 2. The van der Waals surface area contributed by atoms with Crippen LogP contribution < -0.4 is 15.5 Å². The fourth-order valence-corrected chi connectivity index (χ4v) is 3.33. The molecule has 1 aliphatic rings. The molecule has 3 amide bonds. The third kappa shape index (κ3) is 4.70. The summed E-state index contributed by atoms with van der Waals surface area (Å²) in [5.41, 5.74) is 1.03. The topological polar surface area (TPSA) is 61.4 Å². The molecule has 1 aliphatic heterocycles. The molecule has 154 valence electrons. The number of hydrogen-bond donors (Lipinski definition) is 2. The molecule has 0 spiro atoms. The van der Waals surface area contributed by atoms with Gasteiger partial charge in [-0.1, -0.05) is 38.1 Å². The lowest BCUT2D eigenvalue weighted by molar-refractivity contribution is -0.137. The molecular formula is C21H22F3N3O2. The molecule has 3 rings (SSSR count). The molecule has 1 atom stereocenters. The Labute approximate surface area is 166 Å². The van der Waals surface area contributed by atoms with Crippen LogP contribution in [-0.4, -0.2) is 24.5 Å². The summed E-state index contributed by atoms with van der Waals surface area (Å²) in [6.45, 7) is 4.13. The van der Waals surface area contributed by atoms with Crippen LogP contribution >= 0.6 is 0 Å². The molecule has 0 fully saturated rings. The number of alkyl halides is 3. The Hall–Kier alpha value is -3.03. The number of urea groups is 1. The minimum Gasteiger partial charge on any atom is -0.326 e. The molecule has 2 aromatic rings. The molecule has 2 aromatic carbocycles. The highest BCUT2D eigenvalue weighted by Gasteiger charge is 2.33. The largest absolute Gasteiger partial charge is 0.416 e. The first kappa shape index (κ1) is 20.7. The summed E-state index contributed by atoms with van der Waals surface area (Å²) in [4.78, 5) is 27.1. The number of halogens is 3. The number of nitrogens with one attached hydrogen (secondary N) is 2. The van der Waals surface area contributed by atoms with Gasteiger partial charge in [-0.2, -0.15) is 13.2 Å². The Balaban J connectivity index is 1.71. The molecule has 29 heavy (non-hydrogen) atoms. The number of carbonyl (C=O) groups is 2. The maximum Gasteiger partial charge on any atom is 0.416 e. The Kier molecular flexibility index (Phi) is 5.81. The number of para-hydroxylation sites is 1. The molecule has 1 heterocycles. The van der Waals surface area contributed by atoms with Gasteiger partial charge in [-0.05, 0) is 42.2 Å². The highest BCUT2D eigenvalue weighted by Crippen LogP contribution is 2.31. The molecule has 0 radical (unpaired) electrons. The first-order valence-electron chi connectivity index (χ1n) is 9.31. The van der Waals surface area contributed by atoms with E-state index in [-0.39, 0.29) is 17.5 Å². The molecule has 8 heteroatoms. The SMILES string of the molecule is CC(C)[C@@H](NC(=O)Nc1cccc(C(F)(F)F)c1)C(=O)N1CCc2ccccc21. The van der Waals surface area contributed by atoms with Gasteiger partial charge >= 0.3 is 12.2 Å². The zero-order valence-electron chi connectivity index (χ0n) is 16.1. The Bertz CT molecular complexity index is 912. The van der Waals surface area contributed by atoms with Crippen molar-refractivity contribution in [3.05, 3.63) is 59.7 Å². The molecule has 0 bridgehead atoms. The molecule has 5 nitrogen and oxygen atoms in total. The van der Waals surface area contributed by atoms with E-state index in [1.165, 1.54) is 12.1 Å². The minimum atomic E-state index is -4.51. The Morgan fingerprint density at radius 1 is 1.07 bits per heavy atom. The van der Waals surface area contributed by atoms with E-state index >= 15 is 0 Å². The van der Waals surface area contributed by atoms with Crippen LogP contribution in [0.3, 0.4) is 0 Å². The zero-order chi connectivity index (χ0) is 21.2. The van der Waals surface area contributed by atoms with E-state index in [9.17, 15) is 22.8 Å². The summed E-state index contributed by atoms with van der Waals surface area (Å²) in [6.07, 6.45) is -3.77. The molecule has 0 saturated carbocycles. The second-order valence-corrected chi connectivity index (χ2v) is 7.27. The normalized spacial score (nSPS) is 14.5. The Morgan fingerprint density at radius 2 is 1.79 bits per heavy atom. The van der Waals surface area contributed by atoms with Crippen LogP contribution in [0, 0.1) is 5.92 Å². The van der Waals surface area contributed by atoms with Crippen LogP contribution in [-0.2, 0) is 17.4 Å². The second-order valence-electron chi connectivity index (χ2n) is 7.27. The van der Waals surface area contributed by atoms with Gasteiger partial charge in [-0.3, -0.25) is 4.79 Å². The van der Waals surface area contributed by atoms with Crippen LogP contribution in [0.5, 0.6) is 0 Å². The lowest BCUT2D eigenvalue weighted by atomic mass is 10.0. The van der Waals surface area contributed by atoms with Crippen LogP contribution in [0.1, 0.15) is 25.0 Å². The van der Waals surface area contributed by atoms with Gasteiger partial charge in [0.05, 0.1) is 5.56 Å². The second kappa shape index (κ2) is 8.14. The molecule has 2 N–H and O–H groups in total. The quantitative estimate of drug-likeness (QED) is 0.790. The summed E-state index contributed by atoms with van der Waals surface area (Å²) in [5.74, 6) is -0.452. The zero-order valence-corrected chi connectivity index (χ0v) is 16.1. The number of hydrogen-bond acceptors (Lipinski definition) is 2. The molecule has 0 saturated heterocycles. The summed E-state index contributed by atoms with van der Waals surface area (Å²) < 4.78 is 38.5. The van der Waals surface area contributed by atoms with Crippen LogP contribution in [0.15, 0.2) is 48.5 Å². The van der Waals surface area contributed by atoms with Gasteiger partial charge in [0.1, 0.15) is 6.04 Å². The predicted molar refractivity (Wildman–Crippen MR) is 105 cm³/mol. The number of amides is 3. The Morgan fingerprint density at radius 3 is 2.48 bits per heavy atom. The van der Waals surface area contributed by atoms with Crippen molar-refractivity contribution in [1.29, 1.82) is 0 Å². The van der Waals surface area contributed by atoms with E-state index in [0.29, 0.717) is 6.54 Å². The fourth-order valence-electron chi connectivity index (χ4n) is 3.33. The molecule has 0 aliphatic carbocycles. The number of benzene rings is 2. The average Bonchev–Trinajstić information content (AvgIpc) is 3.09. The number of fused-ring (bicyclic) bond motifs is 1. The van der Waals surface area contributed by atoms with E-state index < -0.39 is 23.8 Å². The lowest BCUT2D eigenvalue weighted by Gasteiger charge is -2.27. The van der Waals surface area contributed by atoms with E-state index in [0.717, 1.165) is 29.8 Å². The van der Waals surface area contributed by atoms with Gasteiger partial charge in [0.25, 0.3) is 0 Å². The molecule has 0 unspecified atom stereocenters. The van der Waals surface area contributed by atoms with E-state index in [2.05, 4.69) is 10.6 Å². The summed E-state index contributed by atoms with van der Waals surface area (Å²) >= 11 is 0. The van der Waals surface area contributed by atoms with Crippen LogP contribution in [0.4, 0.5) is 29.3 Å². The summed E-state index contributed by atoms with van der Waals surface area (Å²) in [7, 11) is 0. The predicted octanol–water partition coefficient (Wildman–Crippen LogP) is 4.44. The van der Waals surface area contributed by atoms with E-state index in [1.807, 2.05) is 24.3 Å². The minimum absolute atomic E-state index is 0.00111. The first-order chi connectivity index (χ1) is 13.7. The first-order valence-corrected chi connectivity index (χ1v) is 9.31. The van der Waals surface area contributed by atoms with Crippen molar-refractivity contribution in [2.45, 2.75) is 32.5 Å². The van der Waals surface area contributed by atoms with Crippen LogP contribution in [0.2, 0.25) is 0 Å². The smallest absolute Gasteiger partial charge is 0.326 e. The fraction of sp³-hybridized carbons (Fsp3) is 0.333. The third-order valence-corrected chi connectivity index (χ3v) is 4.82. The molecular weight excluding hydrogens is 383 g/mol. The van der Waals surface area contributed by atoms with Gasteiger partial charge in [-0.25, -0.2) is 4.79 Å². The standard InChI is InChI=1S/C21H22F3N3O2/c1-13(2)18(19(28)27-11-10-14-6-3-4-9-17(14)27)26-20(29)25-16-8-5-7-15(12-16)21(22,23)24/h3-9,12-13,18H,10-11H2,1-2H3,(H2,25,26,29)/t18-/m1/s1. The number of anilines is 2. The van der Waals surface area contributed by atoms with Crippen LogP contribution in [0.25, 0.3) is 0 Å². The van der Waals surface area contributed by atoms with Crippen molar-refractivity contribution in [2.24, 2.45) is 5.92 Å². The monoisotopic (exact) mass is 405 g/mol. The highest BCUT2D eigenvalue weighted by atomic mass is 19.4. The number of rotatable bonds is 4. The summed E-state index contributed by atoms with van der Waals surface area (Å²) in [6, 6.07) is 10.4. The van der Waals surface area contributed by atoms with Gasteiger partial charge < -0.3 is 15.5 Å². The average molecular weight is 405 g/mol. The summed E-state index contributed by atoms with van der Waals surface area (Å²) in [5, 5.41) is 4.99. The van der Waals surface area contributed by atoms with Gasteiger partial charge in [0.15, 0.2) is 0 Å². The lowest BCUT2D eigenvalue weighted by Crippen LogP contribution is -2.52. The van der Waals surface area contributed by atoms with Crippen molar-refractivity contribution in [1.82, 2.24) is 5.32 Å².